The van der Waals surface area contributed by atoms with Crippen LogP contribution in [0.1, 0.15) is 16.7 Å². The average Bonchev–Trinajstić information content (AvgIpc) is 2.74. The van der Waals surface area contributed by atoms with Crippen LogP contribution in [0.5, 0.6) is 0 Å². The van der Waals surface area contributed by atoms with Crippen molar-refractivity contribution >= 4 is 25.9 Å². The van der Waals surface area contributed by atoms with Crippen LogP contribution in [0.3, 0.4) is 0 Å². The van der Waals surface area contributed by atoms with Crippen molar-refractivity contribution < 1.29 is 0 Å². The van der Waals surface area contributed by atoms with Crippen molar-refractivity contribution in [2.75, 3.05) is 0 Å². The maximum atomic E-state index is 4.25. The summed E-state index contributed by atoms with van der Waals surface area (Å²) in [5.41, 5.74) is 4.46. The highest BCUT2D eigenvalue weighted by Crippen LogP contribution is 2.16. The zero-order valence-corrected chi connectivity index (χ0v) is 18.9. The summed E-state index contributed by atoms with van der Waals surface area (Å²) in [6.45, 7) is 0. The molecule has 0 aliphatic heterocycles. The average molecular weight is 400 g/mol. The van der Waals surface area contributed by atoms with Gasteiger partial charge in [-0.2, -0.15) is 0 Å². The molecule has 0 nitrogen and oxygen atoms in total. The lowest BCUT2D eigenvalue weighted by Crippen LogP contribution is -2.37. The quantitative estimate of drug-likeness (QED) is 0.398. The van der Waals surface area contributed by atoms with Gasteiger partial charge in [-0.3, -0.25) is 0 Å². The van der Waals surface area contributed by atoms with Crippen molar-refractivity contribution in [1.82, 2.24) is 0 Å². The third-order valence-corrected chi connectivity index (χ3v) is 17.1. The lowest BCUT2D eigenvalue weighted by Gasteiger charge is -2.22. The van der Waals surface area contributed by atoms with Crippen molar-refractivity contribution in [1.29, 1.82) is 0 Å². The third-order valence-electron chi connectivity index (χ3n) is 5.05. The van der Waals surface area contributed by atoms with Gasteiger partial charge in [0.05, 0.1) is 0 Å². The van der Waals surface area contributed by atoms with Crippen LogP contribution in [0, 0.1) is 0 Å². The molecule has 0 amide bonds. The Hall–Kier alpha value is -1.69. The molecule has 0 atom stereocenters. The van der Waals surface area contributed by atoms with Crippen LogP contribution in [-0.2, 0) is 19.3 Å². The summed E-state index contributed by atoms with van der Waals surface area (Å²) >= 11 is 0. The monoisotopic (exact) mass is 399 g/mol. The molecule has 27 heavy (non-hydrogen) atoms. The highest BCUT2D eigenvalue weighted by molar-refractivity contribution is 7.41. The molecule has 3 aromatic carbocycles. The molecule has 3 heteroatoms. The van der Waals surface area contributed by atoms with Crippen LogP contribution in [0.15, 0.2) is 91.0 Å². The highest BCUT2D eigenvalue weighted by Gasteiger charge is 2.20. The zero-order valence-electron chi connectivity index (χ0n) is 15.9. The number of hydrogen-bond donors (Lipinski definition) is 0. The van der Waals surface area contributed by atoms with Crippen LogP contribution in [0.4, 0.5) is 0 Å². The van der Waals surface area contributed by atoms with Crippen molar-refractivity contribution in [3.8, 4) is 0 Å². The minimum absolute atomic E-state index is 0.372. The van der Waals surface area contributed by atoms with Gasteiger partial charge in [-0.1, -0.05) is 109 Å². The maximum absolute atomic E-state index is 4.25. The van der Waals surface area contributed by atoms with Crippen molar-refractivity contribution in [3.63, 3.8) is 0 Å². The lowest BCUT2D eigenvalue weighted by atomic mass is 10.2. The molecule has 5 radical (unpaired) electrons. The van der Waals surface area contributed by atoms with Gasteiger partial charge in [0.25, 0.3) is 0 Å². The second kappa shape index (κ2) is 11.2. The van der Waals surface area contributed by atoms with E-state index in [1.165, 1.54) is 54.1 Å². The lowest BCUT2D eigenvalue weighted by molar-refractivity contribution is 1.06. The second-order valence-corrected chi connectivity index (χ2v) is 17.9. The van der Waals surface area contributed by atoms with Crippen LogP contribution in [-0.4, -0.2) is 25.9 Å². The largest absolute Gasteiger partial charge is 0.0622 e. The molecular weight excluding hydrogens is 373 g/mol. The van der Waals surface area contributed by atoms with E-state index in [-0.39, 0.29) is 8.31 Å². The van der Waals surface area contributed by atoms with E-state index in [4.69, 9.17) is 0 Å². The fraction of sp³-hybridized carbons (Fsp3) is 0.250. The van der Waals surface area contributed by atoms with E-state index in [0.29, 0.717) is 0 Å². The summed E-state index contributed by atoms with van der Waals surface area (Å²) in [6.07, 6.45) is 3.67. The molecule has 3 rings (SSSR count). The Kier molecular flexibility index (Phi) is 8.34. The van der Waals surface area contributed by atoms with Crippen LogP contribution in [0.25, 0.3) is 0 Å². The summed E-state index contributed by atoms with van der Waals surface area (Å²) in [5.74, 6) is 0. The van der Waals surface area contributed by atoms with Gasteiger partial charge in [-0.15, -0.1) is 0 Å². The van der Waals surface area contributed by atoms with E-state index < -0.39 is 7.83 Å². The van der Waals surface area contributed by atoms with E-state index in [2.05, 4.69) is 101 Å². The third kappa shape index (κ3) is 7.09. The standard InChI is InChI=1S/C24H27Si3/c25-27(21-18-24-14-8-3-9-15-24)26(19-16-22-10-4-1-5-11-22)20-17-23-12-6-2-7-13-23/h1-15H,16-21H2. The van der Waals surface area contributed by atoms with Crippen molar-refractivity contribution in [3.05, 3.63) is 108 Å². The Morgan fingerprint density at radius 2 is 0.815 bits per heavy atom. The van der Waals surface area contributed by atoms with E-state index in [1.807, 2.05) is 0 Å². The topological polar surface area (TPSA) is 0 Å². The van der Waals surface area contributed by atoms with Gasteiger partial charge in [0, 0.05) is 25.9 Å². The van der Waals surface area contributed by atoms with Crippen molar-refractivity contribution in [2.45, 2.75) is 37.4 Å². The first kappa shape index (κ1) is 20.1. The summed E-state index contributed by atoms with van der Waals surface area (Å²) in [5, 5.41) is 0. The number of hydrogen-bond acceptors (Lipinski definition) is 0. The molecule has 135 valence electrons. The molecule has 0 aliphatic carbocycles. The van der Waals surface area contributed by atoms with Crippen LogP contribution in [0.2, 0.25) is 18.1 Å². The van der Waals surface area contributed by atoms with E-state index in [9.17, 15) is 0 Å². The van der Waals surface area contributed by atoms with Crippen LogP contribution < -0.4 is 0 Å². The Labute approximate surface area is 170 Å². The highest BCUT2D eigenvalue weighted by atomic mass is 29.6. The first-order chi connectivity index (χ1) is 13.3. The Morgan fingerprint density at radius 1 is 0.481 bits per heavy atom. The molecule has 0 bridgehead atoms. The van der Waals surface area contributed by atoms with E-state index in [0.717, 1.165) is 0 Å². The predicted octanol–water partition coefficient (Wildman–Crippen LogP) is 5.45. The molecule has 0 heterocycles. The molecule has 0 N–H and O–H groups in total. The van der Waals surface area contributed by atoms with Crippen molar-refractivity contribution in [2.24, 2.45) is 0 Å². The van der Waals surface area contributed by atoms with Gasteiger partial charge in [-0.25, -0.2) is 0 Å². The molecule has 0 saturated carbocycles. The van der Waals surface area contributed by atoms with Gasteiger partial charge in [0.1, 0.15) is 0 Å². The number of rotatable bonds is 10. The van der Waals surface area contributed by atoms with E-state index >= 15 is 0 Å². The predicted molar refractivity (Wildman–Crippen MR) is 122 cm³/mol. The Balaban J connectivity index is 1.58. The van der Waals surface area contributed by atoms with Gasteiger partial charge >= 0.3 is 0 Å². The molecule has 0 fully saturated rings. The molecule has 0 aromatic heterocycles. The van der Waals surface area contributed by atoms with Crippen LogP contribution >= 0.6 is 0 Å². The molecule has 0 aliphatic rings. The van der Waals surface area contributed by atoms with Gasteiger partial charge in [0.2, 0.25) is 0 Å². The first-order valence-corrected chi connectivity index (χ1v) is 16.0. The minimum Gasteiger partial charge on any atom is -0.0622 e. The first-order valence-electron chi connectivity index (χ1n) is 9.85. The molecule has 0 spiro atoms. The molecular formula is C24H27Si3. The Morgan fingerprint density at radius 3 is 1.19 bits per heavy atom. The number of aryl methyl sites for hydroxylation is 3. The zero-order chi connectivity index (χ0) is 18.7. The fourth-order valence-corrected chi connectivity index (χ4v) is 12.9. The smallest absolute Gasteiger partial charge is 0.0346 e. The van der Waals surface area contributed by atoms with Gasteiger partial charge in [-0.05, 0) is 36.0 Å². The number of benzene rings is 3. The SMILES string of the molecule is [Si][Si](CCc1ccccc1)[Si](CCc1ccccc1)CCc1ccccc1. The molecule has 3 aromatic rings. The molecule has 0 unspecified atom stereocenters. The summed E-state index contributed by atoms with van der Waals surface area (Å²) in [7, 11) is 3.43. The minimum atomic E-state index is -0.457. The van der Waals surface area contributed by atoms with Gasteiger partial charge in [0.15, 0.2) is 0 Å². The van der Waals surface area contributed by atoms with Gasteiger partial charge < -0.3 is 0 Å². The summed E-state index contributed by atoms with van der Waals surface area (Å²) in [4.78, 5) is 0. The second-order valence-electron chi connectivity index (χ2n) is 7.04. The summed E-state index contributed by atoms with van der Waals surface area (Å²) in [6, 6.07) is 37.1. The Bertz CT molecular complexity index is 716. The normalized spacial score (nSPS) is 11.2. The fourth-order valence-electron chi connectivity index (χ4n) is 3.40. The molecule has 0 saturated heterocycles. The van der Waals surface area contributed by atoms with E-state index in [1.54, 1.807) is 0 Å². The summed E-state index contributed by atoms with van der Waals surface area (Å²) < 4.78 is 0. The maximum Gasteiger partial charge on any atom is 0.0346 e.